The third-order valence-corrected chi connectivity index (χ3v) is 5.83. The maximum absolute atomic E-state index is 12.6. The van der Waals surface area contributed by atoms with E-state index in [-0.39, 0.29) is 24.2 Å². The molecule has 0 fully saturated rings. The van der Waals surface area contributed by atoms with Crippen molar-refractivity contribution in [3.63, 3.8) is 0 Å². The van der Waals surface area contributed by atoms with Crippen molar-refractivity contribution in [3.05, 3.63) is 89.6 Å². The van der Waals surface area contributed by atoms with Crippen LogP contribution < -0.4 is 4.90 Å². The Hall–Kier alpha value is -3.40. The molecule has 0 aromatic heterocycles. The van der Waals surface area contributed by atoms with E-state index >= 15 is 0 Å². The second-order valence-electron chi connectivity index (χ2n) is 8.17. The van der Waals surface area contributed by atoms with Crippen LogP contribution in [0.5, 0.6) is 0 Å². The van der Waals surface area contributed by atoms with Crippen LogP contribution in [0.4, 0.5) is 5.69 Å². The first-order chi connectivity index (χ1) is 14.4. The number of carbonyl (C=O) groups is 2. The van der Waals surface area contributed by atoms with Gasteiger partial charge in [-0.3, -0.25) is 9.59 Å². The highest BCUT2D eigenvalue weighted by Crippen LogP contribution is 2.46. The highest BCUT2D eigenvalue weighted by molar-refractivity contribution is 5.95. The van der Waals surface area contributed by atoms with Crippen LogP contribution in [0.2, 0.25) is 0 Å². The van der Waals surface area contributed by atoms with Gasteiger partial charge in [-0.1, -0.05) is 74.5 Å². The zero-order chi connectivity index (χ0) is 21.3. The van der Waals surface area contributed by atoms with Crippen LogP contribution in [-0.2, 0) is 26.2 Å². The molecule has 0 amide bonds. The molecular weight excluding hydrogens is 374 g/mol. The molecule has 0 unspecified atom stereocenters. The number of hydrogen-bond acceptors (Lipinski definition) is 4. The smallest absolute Gasteiger partial charge is 0.310 e. The molecule has 1 aliphatic rings. The number of allylic oxidation sites excluding steroid dienone is 1. The number of esters is 1. The lowest BCUT2D eigenvalue weighted by Crippen LogP contribution is -2.25. The molecule has 0 spiro atoms. The van der Waals surface area contributed by atoms with E-state index in [1.807, 2.05) is 72.6 Å². The van der Waals surface area contributed by atoms with Crippen molar-refractivity contribution in [2.75, 3.05) is 18.6 Å². The van der Waals surface area contributed by atoms with Crippen LogP contribution in [-0.4, -0.2) is 25.4 Å². The number of likely N-dealkylation sites (N-methyl/N-ethyl adjacent to an activating group) is 1. The SMILES string of the molecule is CN1/C(=C\C(=O)COC(=O)Cc2cccc3ccccc23)C(C)(C)c2ccccc21. The van der Waals surface area contributed by atoms with Crippen LogP contribution >= 0.6 is 0 Å². The van der Waals surface area contributed by atoms with Gasteiger partial charge in [-0.25, -0.2) is 0 Å². The number of ketones is 1. The van der Waals surface area contributed by atoms with Gasteiger partial charge in [0.2, 0.25) is 0 Å². The second-order valence-corrected chi connectivity index (χ2v) is 8.17. The monoisotopic (exact) mass is 399 g/mol. The molecule has 4 rings (SSSR count). The van der Waals surface area contributed by atoms with Crippen LogP contribution in [0.15, 0.2) is 78.5 Å². The first-order valence-electron chi connectivity index (χ1n) is 10.1. The minimum absolute atomic E-state index is 0.141. The number of carbonyl (C=O) groups excluding carboxylic acids is 2. The Kier molecular flexibility index (Phi) is 5.17. The third-order valence-electron chi connectivity index (χ3n) is 5.83. The standard InChI is InChI=1S/C26H25NO3/c1-26(2)22-13-6-7-14-23(22)27(3)24(26)16-20(28)17-30-25(29)15-19-11-8-10-18-9-4-5-12-21(18)19/h4-14,16H,15,17H2,1-3H3/b24-16-. The van der Waals surface area contributed by atoms with Gasteiger partial charge < -0.3 is 9.64 Å². The number of ether oxygens (including phenoxy) is 1. The predicted molar refractivity (Wildman–Crippen MR) is 120 cm³/mol. The third kappa shape index (κ3) is 3.61. The van der Waals surface area contributed by atoms with Gasteiger partial charge in [-0.05, 0) is 28.0 Å². The number of anilines is 1. The van der Waals surface area contributed by atoms with Crippen molar-refractivity contribution < 1.29 is 14.3 Å². The number of rotatable bonds is 5. The molecule has 0 N–H and O–H groups in total. The van der Waals surface area contributed by atoms with E-state index in [2.05, 4.69) is 19.9 Å². The molecule has 1 heterocycles. The Morgan fingerprint density at radius 2 is 1.67 bits per heavy atom. The van der Waals surface area contributed by atoms with Gasteiger partial charge in [-0.15, -0.1) is 0 Å². The number of benzene rings is 3. The summed E-state index contributed by atoms with van der Waals surface area (Å²) in [6.07, 6.45) is 1.74. The molecule has 0 bridgehead atoms. The molecule has 4 nitrogen and oxygen atoms in total. The van der Waals surface area contributed by atoms with Crippen LogP contribution in [0.25, 0.3) is 10.8 Å². The van der Waals surface area contributed by atoms with E-state index in [1.54, 1.807) is 6.08 Å². The summed E-state index contributed by atoms with van der Waals surface area (Å²) in [4.78, 5) is 27.0. The molecule has 0 saturated carbocycles. The zero-order valence-corrected chi connectivity index (χ0v) is 17.5. The second kappa shape index (κ2) is 7.79. The minimum atomic E-state index is -0.402. The maximum Gasteiger partial charge on any atom is 0.310 e. The van der Waals surface area contributed by atoms with Crippen LogP contribution in [0, 0.1) is 0 Å². The summed E-state index contributed by atoms with van der Waals surface area (Å²) in [5.74, 6) is -0.621. The topological polar surface area (TPSA) is 46.6 Å². The van der Waals surface area contributed by atoms with E-state index in [1.165, 1.54) is 5.56 Å². The normalized spacial score (nSPS) is 16.0. The lowest BCUT2D eigenvalue weighted by molar-refractivity contribution is -0.146. The van der Waals surface area contributed by atoms with Gasteiger partial charge in [-0.2, -0.15) is 0 Å². The molecule has 3 aromatic carbocycles. The fraction of sp³-hybridized carbons (Fsp3) is 0.231. The van der Waals surface area contributed by atoms with E-state index in [0.717, 1.165) is 27.7 Å². The molecular formula is C26H25NO3. The van der Waals surface area contributed by atoms with Crippen molar-refractivity contribution in [2.45, 2.75) is 25.7 Å². The largest absolute Gasteiger partial charge is 0.457 e. The van der Waals surface area contributed by atoms with Crippen molar-refractivity contribution in [1.29, 1.82) is 0 Å². The maximum atomic E-state index is 12.6. The molecule has 152 valence electrons. The van der Waals surface area contributed by atoms with E-state index in [9.17, 15) is 9.59 Å². The van der Waals surface area contributed by atoms with Gasteiger partial charge in [0, 0.05) is 29.9 Å². The Balaban J connectivity index is 1.43. The number of para-hydroxylation sites is 1. The molecule has 4 heteroatoms. The molecule has 0 atom stereocenters. The summed E-state index contributed by atoms with van der Waals surface area (Å²) >= 11 is 0. The van der Waals surface area contributed by atoms with Gasteiger partial charge in [0.1, 0.15) is 0 Å². The van der Waals surface area contributed by atoms with Gasteiger partial charge in [0.25, 0.3) is 0 Å². The fourth-order valence-electron chi connectivity index (χ4n) is 4.26. The Bertz CT molecular complexity index is 1150. The summed E-state index contributed by atoms with van der Waals surface area (Å²) in [6, 6.07) is 21.9. The molecule has 1 aliphatic heterocycles. The van der Waals surface area contributed by atoms with Crippen molar-refractivity contribution >= 4 is 28.2 Å². The molecule has 0 saturated heterocycles. The van der Waals surface area contributed by atoms with Crippen LogP contribution in [0.3, 0.4) is 0 Å². The quantitative estimate of drug-likeness (QED) is 0.456. The van der Waals surface area contributed by atoms with Crippen LogP contribution in [0.1, 0.15) is 25.0 Å². The predicted octanol–water partition coefficient (Wildman–Crippen LogP) is 4.81. The average molecular weight is 399 g/mol. The van der Waals surface area contributed by atoms with Crippen molar-refractivity contribution in [2.24, 2.45) is 0 Å². The molecule has 3 aromatic rings. The summed E-state index contributed by atoms with van der Waals surface area (Å²) in [6.45, 7) is 3.94. The highest BCUT2D eigenvalue weighted by atomic mass is 16.5. The average Bonchev–Trinajstić information content (AvgIpc) is 2.93. The molecule has 0 aliphatic carbocycles. The summed E-state index contributed by atoms with van der Waals surface area (Å²) in [7, 11) is 1.96. The zero-order valence-electron chi connectivity index (χ0n) is 17.5. The van der Waals surface area contributed by atoms with Crippen molar-refractivity contribution in [3.8, 4) is 0 Å². The van der Waals surface area contributed by atoms with Gasteiger partial charge >= 0.3 is 5.97 Å². The van der Waals surface area contributed by atoms with Gasteiger partial charge in [0.05, 0.1) is 6.42 Å². The Morgan fingerprint density at radius 3 is 2.47 bits per heavy atom. The summed E-state index contributed by atoms with van der Waals surface area (Å²) < 4.78 is 5.30. The molecule has 0 radical (unpaired) electrons. The van der Waals surface area contributed by atoms with E-state index in [4.69, 9.17) is 4.74 Å². The summed E-state index contributed by atoms with van der Waals surface area (Å²) in [5.41, 5.74) is 3.79. The lowest BCUT2D eigenvalue weighted by Gasteiger charge is -2.23. The number of nitrogens with zero attached hydrogens (tertiary/aromatic N) is 1. The Morgan fingerprint density at radius 1 is 0.967 bits per heavy atom. The minimum Gasteiger partial charge on any atom is -0.457 e. The highest BCUT2D eigenvalue weighted by Gasteiger charge is 2.38. The first-order valence-corrected chi connectivity index (χ1v) is 10.1. The molecule has 30 heavy (non-hydrogen) atoms. The summed E-state index contributed by atoms with van der Waals surface area (Å²) in [5, 5.41) is 2.10. The van der Waals surface area contributed by atoms with E-state index < -0.39 is 5.97 Å². The lowest BCUT2D eigenvalue weighted by atomic mass is 9.83. The Labute approximate surface area is 176 Å². The number of hydrogen-bond donors (Lipinski definition) is 0. The number of fused-ring (bicyclic) bond motifs is 2. The van der Waals surface area contributed by atoms with Crippen molar-refractivity contribution in [1.82, 2.24) is 0 Å². The van der Waals surface area contributed by atoms with E-state index in [0.29, 0.717) is 0 Å². The van der Waals surface area contributed by atoms with Gasteiger partial charge in [0.15, 0.2) is 12.4 Å². The first kappa shape index (κ1) is 19.9. The fourth-order valence-corrected chi connectivity index (χ4v) is 4.26.